The zero-order valence-electron chi connectivity index (χ0n) is 15.2. The van der Waals surface area contributed by atoms with Crippen LogP contribution in [0.5, 0.6) is 0 Å². The quantitative estimate of drug-likeness (QED) is 0.772. The van der Waals surface area contributed by atoms with E-state index in [4.69, 9.17) is 11.6 Å². The summed E-state index contributed by atoms with van der Waals surface area (Å²) in [5, 5.41) is 27.5. The monoisotopic (exact) mass is 412 g/mol. The van der Waals surface area contributed by atoms with Gasteiger partial charge < -0.3 is 10.4 Å². The zero-order valence-corrected chi connectivity index (χ0v) is 16.8. The van der Waals surface area contributed by atoms with E-state index in [-0.39, 0.29) is 24.5 Å². The van der Waals surface area contributed by atoms with Crippen LogP contribution in [0, 0.1) is 11.3 Å². The maximum atomic E-state index is 11.6. The van der Waals surface area contributed by atoms with Gasteiger partial charge in [0.1, 0.15) is 11.6 Å². The third-order valence-corrected chi connectivity index (χ3v) is 6.30. The Kier molecular flexibility index (Phi) is 5.31. The van der Waals surface area contributed by atoms with E-state index in [1.165, 1.54) is 10.5 Å². The maximum Gasteiger partial charge on any atom is 0.241 e. The Morgan fingerprint density at radius 1 is 1.48 bits per heavy atom. The number of sulfonamides is 1. The van der Waals surface area contributed by atoms with Crippen LogP contribution in [-0.2, 0) is 10.0 Å². The molecule has 0 unspecified atom stereocenters. The molecule has 2 aromatic rings. The molecule has 3 heterocycles. The number of nitrogens with zero attached hydrogens (tertiary/aromatic N) is 5. The second-order valence-corrected chi connectivity index (χ2v) is 9.31. The van der Waals surface area contributed by atoms with Crippen molar-refractivity contribution < 1.29 is 13.5 Å². The van der Waals surface area contributed by atoms with Crippen LogP contribution >= 0.6 is 11.6 Å². The third-order valence-electron chi connectivity index (χ3n) is 4.65. The highest BCUT2D eigenvalue weighted by atomic mass is 35.5. The third kappa shape index (κ3) is 3.73. The van der Waals surface area contributed by atoms with Crippen LogP contribution in [0.25, 0.3) is 5.52 Å². The van der Waals surface area contributed by atoms with Gasteiger partial charge in [-0.2, -0.15) is 9.57 Å². The molecule has 0 amide bonds. The van der Waals surface area contributed by atoms with Crippen molar-refractivity contribution in [2.24, 2.45) is 0 Å². The second-order valence-electron chi connectivity index (χ2n) is 6.95. The minimum Gasteiger partial charge on any atom is -0.390 e. The van der Waals surface area contributed by atoms with Crippen LogP contribution in [0.2, 0.25) is 5.02 Å². The Bertz CT molecular complexity index is 1010. The summed E-state index contributed by atoms with van der Waals surface area (Å²) in [5.74, 6) is 0.295. The zero-order chi connectivity index (χ0) is 19.9. The highest BCUT2D eigenvalue weighted by molar-refractivity contribution is 7.88. The molecule has 0 spiro atoms. The number of hydrogen-bond acceptors (Lipinski definition) is 7. The molecule has 1 aliphatic rings. The lowest BCUT2D eigenvalue weighted by Gasteiger charge is -2.34. The molecule has 27 heavy (non-hydrogen) atoms. The summed E-state index contributed by atoms with van der Waals surface area (Å²) in [6.45, 7) is 4.21. The first-order valence-electron chi connectivity index (χ1n) is 8.50. The molecular weight excluding hydrogens is 392 g/mol. The first-order chi connectivity index (χ1) is 12.6. The SMILES string of the molecule is CC(C)c1c(C#N)c(Cl)c2cnc(N[C@@H]3CCN(S(C)(=O)=O)C[C@H]3O)nn12. The summed E-state index contributed by atoms with van der Waals surface area (Å²) in [6, 6.07) is 1.73. The molecule has 1 saturated heterocycles. The lowest BCUT2D eigenvalue weighted by Crippen LogP contribution is -2.51. The van der Waals surface area contributed by atoms with Gasteiger partial charge in [0.2, 0.25) is 16.0 Å². The number of aromatic nitrogens is 3. The number of aliphatic hydroxyl groups excluding tert-OH is 1. The van der Waals surface area contributed by atoms with Crippen molar-refractivity contribution in [2.45, 2.75) is 38.3 Å². The number of anilines is 1. The number of aliphatic hydroxyl groups is 1. The predicted octanol–water partition coefficient (Wildman–Crippen LogP) is 1.18. The van der Waals surface area contributed by atoms with E-state index in [2.05, 4.69) is 21.5 Å². The highest BCUT2D eigenvalue weighted by Gasteiger charge is 2.32. The molecule has 0 radical (unpaired) electrons. The van der Waals surface area contributed by atoms with Gasteiger partial charge in [0.25, 0.3) is 0 Å². The van der Waals surface area contributed by atoms with E-state index in [1.54, 1.807) is 4.52 Å². The number of nitriles is 1. The molecule has 2 aromatic heterocycles. The van der Waals surface area contributed by atoms with E-state index >= 15 is 0 Å². The van der Waals surface area contributed by atoms with Crippen LogP contribution in [0.3, 0.4) is 0 Å². The van der Waals surface area contributed by atoms with Crippen LogP contribution in [0.15, 0.2) is 6.20 Å². The first-order valence-corrected chi connectivity index (χ1v) is 10.7. The highest BCUT2D eigenvalue weighted by Crippen LogP contribution is 2.31. The van der Waals surface area contributed by atoms with Gasteiger partial charge in [0.05, 0.1) is 40.9 Å². The van der Waals surface area contributed by atoms with Gasteiger partial charge in [-0.25, -0.2) is 17.9 Å². The molecule has 9 nitrogen and oxygen atoms in total. The van der Waals surface area contributed by atoms with Crippen molar-refractivity contribution in [3.8, 4) is 6.07 Å². The second kappa shape index (κ2) is 7.24. The van der Waals surface area contributed by atoms with E-state index in [0.29, 0.717) is 34.8 Å². The summed E-state index contributed by atoms with van der Waals surface area (Å²) in [6.07, 6.45) is 2.19. The lowest BCUT2D eigenvalue weighted by atomic mass is 10.0. The number of rotatable bonds is 4. The van der Waals surface area contributed by atoms with Gasteiger partial charge in [-0.1, -0.05) is 25.4 Å². The molecule has 1 aliphatic heterocycles. The van der Waals surface area contributed by atoms with Gasteiger partial charge in [-0.15, -0.1) is 5.10 Å². The van der Waals surface area contributed by atoms with Crippen molar-refractivity contribution >= 4 is 33.1 Å². The fourth-order valence-electron chi connectivity index (χ4n) is 3.27. The van der Waals surface area contributed by atoms with Crippen molar-refractivity contribution in [1.82, 2.24) is 18.9 Å². The number of piperidine rings is 1. The Balaban J connectivity index is 1.89. The van der Waals surface area contributed by atoms with E-state index in [0.717, 1.165) is 6.26 Å². The van der Waals surface area contributed by atoms with Gasteiger partial charge >= 0.3 is 0 Å². The normalized spacial score (nSPS) is 21.5. The summed E-state index contributed by atoms with van der Waals surface area (Å²) in [4.78, 5) is 4.23. The average Bonchev–Trinajstić information content (AvgIpc) is 2.87. The topological polar surface area (TPSA) is 124 Å². The fraction of sp³-hybridized carbons (Fsp3) is 0.562. The summed E-state index contributed by atoms with van der Waals surface area (Å²) < 4.78 is 26.1. The molecule has 11 heteroatoms. The van der Waals surface area contributed by atoms with Gasteiger partial charge in [0.15, 0.2) is 0 Å². The van der Waals surface area contributed by atoms with E-state index in [1.807, 2.05) is 13.8 Å². The molecule has 2 N–H and O–H groups in total. The molecule has 0 aliphatic carbocycles. The Labute approximate surface area is 162 Å². The summed E-state index contributed by atoms with van der Waals surface area (Å²) >= 11 is 6.29. The Morgan fingerprint density at radius 2 is 2.19 bits per heavy atom. The van der Waals surface area contributed by atoms with Crippen molar-refractivity contribution in [2.75, 3.05) is 24.7 Å². The number of β-amino-alcohol motifs (C(OH)–C–C–N with tert-alkyl or cyclic N) is 1. The van der Waals surface area contributed by atoms with Gasteiger partial charge in [-0.05, 0) is 12.3 Å². The van der Waals surface area contributed by atoms with Crippen molar-refractivity contribution in [3.63, 3.8) is 0 Å². The van der Waals surface area contributed by atoms with Crippen LogP contribution < -0.4 is 5.32 Å². The molecule has 3 rings (SSSR count). The van der Waals surface area contributed by atoms with E-state index in [9.17, 15) is 18.8 Å². The molecule has 146 valence electrons. The van der Waals surface area contributed by atoms with Crippen molar-refractivity contribution in [3.05, 3.63) is 22.5 Å². The molecule has 0 bridgehead atoms. The number of fused-ring (bicyclic) bond motifs is 1. The van der Waals surface area contributed by atoms with Crippen molar-refractivity contribution in [1.29, 1.82) is 5.26 Å². The Morgan fingerprint density at radius 3 is 2.74 bits per heavy atom. The summed E-state index contributed by atoms with van der Waals surface area (Å²) in [7, 11) is -3.34. The molecule has 2 atom stereocenters. The Hall–Kier alpha value is -1.93. The van der Waals surface area contributed by atoms with E-state index < -0.39 is 16.1 Å². The molecule has 0 aromatic carbocycles. The minimum atomic E-state index is -3.34. The molecular formula is C16H21ClN6O3S. The molecule has 1 fully saturated rings. The van der Waals surface area contributed by atoms with Crippen LogP contribution in [-0.4, -0.2) is 63.9 Å². The lowest BCUT2D eigenvalue weighted by molar-refractivity contribution is 0.0950. The van der Waals surface area contributed by atoms with Crippen LogP contribution in [0.1, 0.15) is 37.4 Å². The van der Waals surface area contributed by atoms with Gasteiger partial charge in [-0.3, -0.25) is 0 Å². The predicted molar refractivity (Wildman–Crippen MR) is 101 cm³/mol. The maximum absolute atomic E-state index is 11.6. The van der Waals surface area contributed by atoms with Gasteiger partial charge in [0, 0.05) is 13.1 Å². The fourth-order valence-corrected chi connectivity index (χ4v) is 4.40. The summed E-state index contributed by atoms with van der Waals surface area (Å²) in [5.41, 5.74) is 1.60. The number of halogens is 1. The number of hydrogen-bond donors (Lipinski definition) is 2. The molecule has 0 saturated carbocycles. The minimum absolute atomic E-state index is 0.0178. The first kappa shape index (κ1) is 19.8. The standard InChI is InChI=1S/C16H21ClN6O3S/c1-9(2)15-10(6-18)14(17)12-7-19-16(21-23(12)15)20-11-4-5-22(8-13(11)24)27(3,25)26/h7,9,11,13,24H,4-5,8H2,1-3H3,(H,20,21)/t11-,13-/m1/s1. The average molecular weight is 413 g/mol. The smallest absolute Gasteiger partial charge is 0.241 e. The van der Waals surface area contributed by atoms with Crippen LogP contribution in [0.4, 0.5) is 5.95 Å². The largest absolute Gasteiger partial charge is 0.390 e. The number of nitrogens with one attached hydrogen (secondary N) is 1.